The van der Waals surface area contributed by atoms with E-state index < -0.39 is 0 Å². The van der Waals surface area contributed by atoms with Gasteiger partial charge in [-0.1, -0.05) is 30.7 Å². The van der Waals surface area contributed by atoms with E-state index in [4.69, 9.17) is 5.73 Å². The third-order valence-corrected chi connectivity index (χ3v) is 1.14. The summed E-state index contributed by atoms with van der Waals surface area (Å²) in [4.78, 5) is 0. The Morgan fingerprint density at radius 2 is 2.10 bits per heavy atom. The van der Waals surface area contributed by atoms with Crippen LogP contribution < -0.4 is 0 Å². The Labute approximate surface area is 77.6 Å². The van der Waals surface area contributed by atoms with Gasteiger partial charge in [0.1, 0.15) is 0 Å². The van der Waals surface area contributed by atoms with Gasteiger partial charge >= 0.3 is 0 Å². The predicted molar refractivity (Wildman–Crippen MR) is 42.4 cm³/mol. The van der Waals surface area contributed by atoms with Crippen LogP contribution in [0.4, 0.5) is 0 Å². The number of hydrogen-bond donors (Lipinski definition) is 0. The molecular weight excluding hydrogens is 294 g/mol. The number of nitrogens with one attached hydrogen (secondary N) is 1. The molecule has 1 N–H and O–H groups in total. The van der Waals surface area contributed by atoms with E-state index in [1.54, 1.807) is 0 Å². The van der Waals surface area contributed by atoms with Crippen LogP contribution in [0.5, 0.6) is 0 Å². The van der Waals surface area contributed by atoms with Gasteiger partial charge in [-0.25, -0.2) is 0 Å². The van der Waals surface area contributed by atoms with E-state index in [-0.39, 0.29) is 21.1 Å². The molecule has 0 aliphatic rings. The molecule has 0 atom stereocenters. The molecule has 0 aliphatic heterocycles. The number of allylic oxidation sites excluding steroid dienone is 2. The largest absolute Gasteiger partial charge is 0.674 e. The van der Waals surface area contributed by atoms with Gasteiger partial charge < -0.3 is 5.73 Å². The Bertz CT molecular complexity index is 116. The SMILES string of the molecule is C/C=C(\C=C/CC)C[NH-].[W]. The minimum atomic E-state index is 0. The van der Waals surface area contributed by atoms with E-state index in [0.717, 1.165) is 12.0 Å². The van der Waals surface area contributed by atoms with Gasteiger partial charge in [-0.05, 0) is 13.3 Å². The molecule has 0 heterocycles. The van der Waals surface area contributed by atoms with E-state index in [1.807, 2.05) is 19.1 Å². The molecule has 0 aromatic heterocycles. The summed E-state index contributed by atoms with van der Waals surface area (Å²) >= 11 is 0. The summed E-state index contributed by atoms with van der Waals surface area (Å²) in [6.07, 6.45) is 7.10. The van der Waals surface area contributed by atoms with Crippen LogP contribution in [0.3, 0.4) is 0 Å². The minimum absolute atomic E-state index is 0. The van der Waals surface area contributed by atoms with Gasteiger partial charge in [-0.15, -0.1) is 6.54 Å². The average Bonchev–Trinajstić information content (AvgIpc) is 1.91. The van der Waals surface area contributed by atoms with Crippen LogP contribution >= 0.6 is 0 Å². The van der Waals surface area contributed by atoms with Gasteiger partial charge in [0.15, 0.2) is 0 Å². The normalized spacial score (nSPS) is 11.7. The van der Waals surface area contributed by atoms with Crippen molar-refractivity contribution in [1.82, 2.24) is 0 Å². The molecule has 0 unspecified atom stereocenters. The zero-order chi connectivity index (χ0) is 7.11. The maximum Gasteiger partial charge on any atom is 0 e. The summed E-state index contributed by atoms with van der Waals surface area (Å²) in [5.74, 6) is 0. The Morgan fingerprint density at radius 3 is 2.40 bits per heavy atom. The first kappa shape index (κ1) is 12.8. The fourth-order valence-corrected chi connectivity index (χ4v) is 0.526. The van der Waals surface area contributed by atoms with Crippen molar-refractivity contribution in [2.45, 2.75) is 20.3 Å². The van der Waals surface area contributed by atoms with Crippen molar-refractivity contribution < 1.29 is 21.1 Å². The molecule has 0 bridgehead atoms. The first-order valence-corrected chi connectivity index (χ1v) is 3.31. The van der Waals surface area contributed by atoms with Crippen LogP contribution in [0, 0.1) is 0 Å². The zero-order valence-corrected chi connectivity index (χ0v) is 9.49. The molecule has 0 rings (SSSR count). The Balaban J connectivity index is 0. The smallest absolute Gasteiger partial charge is 0 e. The van der Waals surface area contributed by atoms with E-state index in [2.05, 4.69) is 13.0 Å². The third kappa shape index (κ3) is 6.25. The van der Waals surface area contributed by atoms with Gasteiger partial charge in [0, 0.05) is 21.1 Å². The van der Waals surface area contributed by atoms with E-state index in [1.165, 1.54) is 0 Å². The summed E-state index contributed by atoms with van der Waals surface area (Å²) in [5.41, 5.74) is 8.11. The van der Waals surface area contributed by atoms with Crippen LogP contribution in [0.25, 0.3) is 5.73 Å². The summed E-state index contributed by atoms with van der Waals surface area (Å²) in [6.45, 7) is 4.45. The molecule has 0 saturated carbocycles. The first-order valence-electron chi connectivity index (χ1n) is 3.31. The summed E-state index contributed by atoms with van der Waals surface area (Å²) in [6, 6.07) is 0. The molecule has 0 aliphatic carbocycles. The molecular formula is C8H14NW-. The van der Waals surface area contributed by atoms with Gasteiger partial charge in [0.2, 0.25) is 0 Å². The fourth-order valence-electron chi connectivity index (χ4n) is 0.526. The number of hydrogen-bond acceptors (Lipinski definition) is 0. The zero-order valence-electron chi connectivity index (χ0n) is 6.55. The van der Waals surface area contributed by atoms with Gasteiger partial charge in [0.05, 0.1) is 0 Å². The molecule has 0 spiro atoms. The Kier molecular flexibility index (Phi) is 11.7. The second-order valence-corrected chi connectivity index (χ2v) is 1.85. The van der Waals surface area contributed by atoms with Crippen molar-refractivity contribution in [1.29, 1.82) is 0 Å². The molecule has 0 fully saturated rings. The van der Waals surface area contributed by atoms with Crippen molar-refractivity contribution in [3.8, 4) is 0 Å². The molecule has 0 radical (unpaired) electrons. The van der Waals surface area contributed by atoms with Crippen LogP contribution in [-0.4, -0.2) is 6.54 Å². The van der Waals surface area contributed by atoms with E-state index in [9.17, 15) is 0 Å². The van der Waals surface area contributed by atoms with Crippen LogP contribution in [0.15, 0.2) is 23.8 Å². The van der Waals surface area contributed by atoms with Gasteiger partial charge in [-0.3, -0.25) is 0 Å². The fraction of sp³-hybridized carbons (Fsp3) is 0.500. The molecule has 0 aromatic rings. The Morgan fingerprint density at radius 1 is 1.50 bits per heavy atom. The van der Waals surface area contributed by atoms with Crippen molar-refractivity contribution in [3.05, 3.63) is 29.5 Å². The molecule has 10 heavy (non-hydrogen) atoms. The summed E-state index contributed by atoms with van der Waals surface area (Å²) < 4.78 is 0. The monoisotopic (exact) mass is 308 g/mol. The summed E-state index contributed by atoms with van der Waals surface area (Å²) in [7, 11) is 0. The minimum Gasteiger partial charge on any atom is -0.674 e. The van der Waals surface area contributed by atoms with E-state index >= 15 is 0 Å². The molecule has 2 heteroatoms. The van der Waals surface area contributed by atoms with Crippen molar-refractivity contribution >= 4 is 0 Å². The van der Waals surface area contributed by atoms with Crippen molar-refractivity contribution in [3.63, 3.8) is 0 Å². The van der Waals surface area contributed by atoms with E-state index in [0.29, 0.717) is 6.54 Å². The maximum absolute atomic E-state index is 7.02. The maximum atomic E-state index is 7.02. The molecule has 1 nitrogen and oxygen atoms in total. The second-order valence-electron chi connectivity index (χ2n) is 1.85. The van der Waals surface area contributed by atoms with Gasteiger partial charge in [0.25, 0.3) is 0 Å². The molecule has 0 amide bonds. The van der Waals surface area contributed by atoms with Crippen molar-refractivity contribution in [2.24, 2.45) is 0 Å². The van der Waals surface area contributed by atoms with Gasteiger partial charge in [-0.2, -0.15) is 0 Å². The standard InChI is InChI=1S/C8H14N.W/c1-3-5-6-8(4-2)7-9;/h4-6,9H,3,7H2,1-2H3;/q-1;/b6-5-,8-4+;. The van der Waals surface area contributed by atoms with Crippen LogP contribution in [0.1, 0.15) is 20.3 Å². The third-order valence-electron chi connectivity index (χ3n) is 1.14. The number of rotatable bonds is 3. The molecule has 0 saturated heterocycles. The Hall–Kier alpha value is 0.128. The topological polar surface area (TPSA) is 23.8 Å². The summed E-state index contributed by atoms with van der Waals surface area (Å²) in [5, 5.41) is 0. The van der Waals surface area contributed by atoms with Crippen LogP contribution in [0.2, 0.25) is 0 Å². The predicted octanol–water partition coefficient (Wildman–Crippen LogP) is 2.95. The first-order chi connectivity index (χ1) is 4.35. The average molecular weight is 308 g/mol. The van der Waals surface area contributed by atoms with Crippen LogP contribution in [-0.2, 0) is 21.1 Å². The van der Waals surface area contributed by atoms with Crippen molar-refractivity contribution in [2.75, 3.05) is 6.54 Å². The molecule has 58 valence electrons. The molecule has 0 aromatic carbocycles. The quantitative estimate of drug-likeness (QED) is 0.716. The second kappa shape index (κ2) is 9.13.